The van der Waals surface area contributed by atoms with E-state index < -0.39 is 10.8 Å². The number of ether oxygens (including phenoxy) is 2. The molecular weight excluding hydrogens is 392 g/mol. The molecule has 7 nitrogen and oxygen atoms in total. The normalized spacial score (nSPS) is 13.8. The fourth-order valence-electron chi connectivity index (χ4n) is 2.53. The van der Waals surface area contributed by atoms with E-state index in [0.717, 1.165) is 10.0 Å². The Labute approximate surface area is 152 Å². The molecule has 1 aliphatic rings. The van der Waals surface area contributed by atoms with Crippen LogP contribution in [0.2, 0.25) is 0 Å². The van der Waals surface area contributed by atoms with Gasteiger partial charge in [0.1, 0.15) is 13.2 Å². The monoisotopic (exact) mass is 406 g/mol. The smallest absolute Gasteiger partial charge is 0.270 e. The van der Waals surface area contributed by atoms with Crippen molar-refractivity contribution in [3.05, 3.63) is 62.1 Å². The Bertz CT molecular complexity index is 840. The van der Waals surface area contributed by atoms with Crippen molar-refractivity contribution in [3.8, 4) is 11.5 Å². The summed E-state index contributed by atoms with van der Waals surface area (Å²) in [6, 6.07) is 8.90. The first-order valence-electron chi connectivity index (χ1n) is 7.60. The summed E-state index contributed by atoms with van der Waals surface area (Å²) in [4.78, 5) is 22.7. The Balaban J connectivity index is 1.80. The van der Waals surface area contributed by atoms with E-state index in [-0.39, 0.29) is 17.3 Å². The summed E-state index contributed by atoms with van der Waals surface area (Å²) < 4.78 is 11.9. The average molecular weight is 407 g/mol. The number of benzene rings is 2. The molecule has 0 saturated heterocycles. The van der Waals surface area contributed by atoms with Gasteiger partial charge in [0.2, 0.25) is 0 Å². The molecule has 1 aliphatic heterocycles. The number of nitrogens with one attached hydrogen (secondary N) is 1. The zero-order valence-corrected chi connectivity index (χ0v) is 14.9. The van der Waals surface area contributed by atoms with E-state index in [1.165, 1.54) is 24.3 Å². The largest absolute Gasteiger partial charge is 0.486 e. The number of hydrogen-bond donors (Lipinski definition) is 1. The third kappa shape index (κ3) is 3.74. The predicted octanol–water partition coefficient (Wildman–Crippen LogP) is 3.62. The molecule has 0 aromatic heterocycles. The molecule has 1 amide bonds. The third-order valence-electron chi connectivity index (χ3n) is 3.79. The summed E-state index contributed by atoms with van der Waals surface area (Å²) in [5, 5.41) is 13.7. The van der Waals surface area contributed by atoms with Gasteiger partial charge in [0, 0.05) is 22.2 Å². The van der Waals surface area contributed by atoms with E-state index in [2.05, 4.69) is 21.2 Å². The second-order valence-electron chi connectivity index (χ2n) is 5.52. The number of non-ortho nitro benzene ring substituents is 1. The lowest BCUT2D eigenvalue weighted by atomic mass is 10.1. The van der Waals surface area contributed by atoms with Crippen LogP contribution >= 0.6 is 15.9 Å². The maximum absolute atomic E-state index is 12.4. The van der Waals surface area contributed by atoms with E-state index in [1.54, 1.807) is 6.07 Å². The van der Waals surface area contributed by atoms with Crippen LogP contribution in [-0.2, 0) is 0 Å². The molecule has 0 fully saturated rings. The highest BCUT2D eigenvalue weighted by molar-refractivity contribution is 9.10. The van der Waals surface area contributed by atoms with Crippen molar-refractivity contribution < 1.29 is 19.2 Å². The lowest BCUT2D eigenvalue weighted by Crippen LogP contribution is -2.27. The van der Waals surface area contributed by atoms with Crippen LogP contribution < -0.4 is 14.8 Å². The molecule has 0 aliphatic carbocycles. The lowest BCUT2D eigenvalue weighted by Gasteiger charge is -2.22. The SMILES string of the molecule is CC(NC(=O)c1cccc([N+](=O)[O-])c1)c1cc2c(cc1Br)OCCO2. The minimum Gasteiger partial charge on any atom is -0.486 e. The summed E-state index contributed by atoms with van der Waals surface area (Å²) in [6.07, 6.45) is 0. The van der Waals surface area contributed by atoms with Gasteiger partial charge >= 0.3 is 0 Å². The van der Waals surface area contributed by atoms with Crippen LogP contribution in [0.1, 0.15) is 28.9 Å². The van der Waals surface area contributed by atoms with E-state index in [4.69, 9.17) is 9.47 Å². The Morgan fingerprint density at radius 3 is 2.60 bits per heavy atom. The van der Waals surface area contributed by atoms with Gasteiger partial charge in [-0.25, -0.2) is 0 Å². The van der Waals surface area contributed by atoms with Gasteiger partial charge in [-0.3, -0.25) is 14.9 Å². The Morgan fingerprint density at radius 1 is 1.24 bits per heavy atom. The van der Waals surface area contributed by atoms with E-state index in [9.17, 15) is 14.9 Å². The molecule has 0 radical (unpaired) electrons. The summed E-state index contributed by atoms with van der Waals surface area (Å²) in [5.74, 6) is 0.887. The Hall–Kier alpha value is -2.61. The highest BCUT2D eigenvalue weighted by Gasteiger charge is 2.20. The molecule has 130 valence electrons. The van der Waals surface area contributed by atoms with E-state index >= 15 is 0 Å². The molecule has 1 heterocycles. The molecule has 2 aromatic rings. The second kappa shape index (κ2) is 7.10. The number of rotatable bonds is 4. The predicted molar refractivity (Wildman–Crippen MR) is 94.1 cm³/mol. The molecule has 0 spiro atoms. The van der Waals surface area contributed by atoms with Crippen molar-refractivity contribution in [2.75, 3.05) is 13.2 Å². The zero-order chi connectivity index (χ0) is 18.0. The molecule has 0 saturated carbocycles. The van der Waals surface area contributed by atoms with Crippen LogP contribution in [0.15, 0.2) is 40.9 Å². The summed E-state index contributed by atoms with van der Waals surface area (Å²) in [5.41, 5.74) is 0.929. The van der Waals surface area contributed by atoms with Crippen LogP contribution in [0.25, 0.3) is 0 Å². The van der Waals surface area contributed by atoms with Crippen molar-refractivity contribution >= 4 is 27.5 Å². The van der Waals surface area contributed by atoms with Crippen LogP contribution in [0, 0.1) is 10.1 Å². The van der Waals surface area contributed by atoms with Gasteiger partial charge in [-0.1, -0.05) is 22.0 Å². The van der Waals surface area contributed by atoms with E-state index in [0.29, 0.717) is 24.7 Å². The maximum atomic E-state index is 12.4. The fraction of sp³-hybridized carbons (Fsp3) is 0.235. The van der Waals surface area contributed by atoms with Gasteiger partial charge in [-0.2, -0.15) is 0 Å². The highest BCUT2D eigenvalue weighted by atomic mass is 79.9. The number of fused-ring (bicyclic) bond motifs is 1. The van der Waals surface area contributed by atoms with E-state index in [1.807, 2.05) is 13.0 Å². The van der Waals surface area contributed by atoms with Gasteiger partial charge in [-0.05, 0) is 30.7 Å². The summed E-state index contributed by atoms with van der Waals surface area (Å²) >= 11 is 3.48. The molecule has 0 bridgehead atoms. The first-order valence-corrected chi connectivity index (χ1v) is 8.39. The van der Waals surface area contributed by atoms with Gasteiger partial charge in [-0.15, -0.1) is 0 Å². The van der Waals surface area contributed by atoms with Gasteiger partial charge in [0.15, 0.2) is 11.5 Å². The molecule has 25 heavy (non-hydrogen) atoms. The maximum Gasteiger partial charge on any atom is 0.270 e. The van der Waals surface area contributed by atoms with Gasteiger partial charge in [0.25, 0.3) is 11.6 Å². The standard InChI is InChI=1S/C17H15BrN2O5/c1-10(13-8-15-16(9-14(13)18)25-6-5-24-15)19-17(21)11-3-2-4-12(7-11)20(22)23/h2-4,7-10H,5-6H2,1H3,(H,19,21). The van der Waals surface area contributed by atoms with Crippen LogP contribution in [-0.4, -0.2) is 24.0 Å². The quantitative estimate of drug-likeness (QED) is 0.618. The number of amides is 1. The molecule has 1 atom stereocenters. The first kappa shape index (κ1) is 17.2. The lowest BCUT2D eigenvalue weighted by molar-refractivity contribution is -0.384. The third-order valence-corrected chi connectivity index (χ3v) is 4.48. The molecule has 8 heteroatoms. The minimum absolute atomic E-state index is 0.124. The van der Waals surface area contributed by atoms with Crippen LogP contribution in [0.5, 0.6) is 11.5 Å². The highest BCUT2D eigenvalue weighted by Crippen LogP contribution is 2.37. The van der Waals surface area contributed by atoms with Crippen molar-refractivity contribution in [1.82, 2.24) is 5.32 Å². The zero-order valence-electron chi connectivity index (χ0n) is 13.3. The summed E-state index contributed by atoms with van der Waals surface area (Å²) in [7, 11) is 0. The van der Waals surface area contributed by atoms with Gasteiger partial charge < -0.3 is 14.8 Å². The summed E-state index contributed by atoms with van der Waals surface area (Å²) in [6.45, 7) is 2.80. The number of nitrogens with zero attached hydrogens (tertiary/aromatic N) is 1. The van der Waals surface area contributed by atoms with Crippen LogP contribution in [0.4, 0.5) is 5.69 Å². The second-order valence-corrected chi connectivity index (χ2v) is 6.37. The van der Waals surface area contributed by atoms with Crippen molar-refractivity contribution in [2.24, 2.45) is 0 Å². The molecular formula is C17H15BrN2O5. The number of halogens is 1. The first-order chi connectivity index (χ1) is 12.0. The number of hydrogen-bond acceptors (Lipinski definition) is 5. The topological polar surface area (TPSA) is 90.7 Å². The number of nitro benzene ring substituents is 1. The number of carbonyl (C=O) groups is 1. The molecule has 2 aromatic carbocycles. The van der Waals surface area contributed by atoms with Gasteiger partial charge in [0.05, 0.1) is 11.0 Å². The van der Waals surface area contributed by atoms with Crippen molar-refractivity contribution in [3.63, 3.8) is 0 Å². The Morgan fingerprint density at radius 2 is 1.92 bits per heavy atom. The van der Waals surface area contributed by atoms with Crippen molar-refractivity contribution in [1.29, 1.82) is 0 Å². The van der Waals surface area contributed by atoms with Crippen LogP contribution in [0.3, 0.4) is 0 Å². The molecule has 1 unspecified atom stereocenters. The minimum atomic E-state index is -0.530. The Kier molecular flexibility index (Phi) is 4.89. The average Bonchev–Trinajstić information content (AvgIpc) is 2.61. The number of nitro groups is 1. The molecule has 3 rings (SSSR count). The fourth-order valence-corrected chi connectivity index (χ4v) is 3.20. The van der Waals surface area contributed by atoms with Crippen molar-refractivity contribution in [2.45, 2.75) is 13.0 Å². The molecule has 1 N–H and O–H groups in total. The number of carbonyl (C=O) groups excluding carboxylic acids is 1.